The fraction of sp³-hybridized carbons (Fsp3) is 0.300. The lowest BCUT2D eigenvalue weighted by Crippen LogP contribution is -2.15. The largest absolute Gasteiger partial charge is 0.477 e. The SMILES string of the molecule is CC(C)c1[nH]nc2[nH]cc(C(=O)O)c(=O)c12. The summed E-state index contributed by atoms with van der Waals surface area (Å²) in [5, 5.41) is 15.8. The summed E-state index contributed by atoms with van der Waals surface area (Å²) in [6, 6.07) is 0. The van der Waals surface area contributed by atoms with Crippen molar-refractivity contribution in [2.75, 3.05) is 0 Å². The highest BCUT2D eigenvalue weighted by atomic mass is 16.4. The van der Waals surface area contributed by atoms with Gasteiger partial charge in [0.15, 0.2) is 5.65 Å². The Morgan fingerprint density at radius 3 is 2.75 bits per heavy atom. The molecular weight excluding hydrogens is 210 g/mol. The highest BCUT2D eigenvalue weighted by Crippen LogP contribution is 2.18. The maximum Gasteiger partial charge on any atom is 0.341 e. The molecule has 2 rings (SSSR count). The predicted molar refractivity (Wildman–Crippen MR) is 57.8 cm³/mol. The second-order valence-corrected chi connectivity index (χ2v) is 3.85. The Hall–Kier alpha value is -2.11. The van der Waals surface area contributed by atoms with Crippen molar-refractivity contribution in [3.63, 3.8) is 0 Å². The first-order valence-corrected chi connectivity index (χ1v) is 4.85. The van der Waals surface area contributed by atoms with Gasteiger partial charge in [-0.15, -0.1) is 0 Å². The minimum atomic E-state index is -1.24. The molecule has 2 aromatic rings. The number of fused-ring (bicyclic) bond motifs is 1. The van der Waals surface area contributed by atoms with Gasteiger partial charge in [0.25, 0.3) is 0 Å². The van der Waals surface area contributed by atoms with Gasteiger partial charge in [0.05, 0.1) is 11.1 Å². The van der Waals surface area contributed by atoms with Crippen molar-refractivity contribution in [2.24, 2.45) is 0 Å². The third-order valence-electron chi connectivity index (χ3n) is 2.43. The lowest BCUT2D eigenvalue weighted by molar-refractivity contribution is 0.0695. The van der Waals surface area contributed by atoms with Crippen LogP contribution in [0.5, 0.6) is 0 Å². The van der Waals surface area contributed by atoms with E-state index in [1.807, 2.05) is 13.8 Å². The molecular formula is C10H11N3O3. The van der Waals surface area contributed by atoms with Gasteiger partial charge in [0.2, 0.25) is 5.43 Å². The number of hydrogen-bond donors (Lipinski definition) is 3. The smallest absolute Gasteiger partial charge is 0.341 e. The normalized spacial score (nSPS) is 11.2. The molecule has 0 aliphatic heterocycles. The van der Waals surface area contributed by atoms with Gasteiger partial charge in [-0.1, -0.05) is 13.8 Å². The number of hydrogen-bond acceptors (Lipinski definition) is 3. The molecule has 0 aliphatic carbocycles. The van der Waals surface area contributed by atoms with Crippen LogP contribution in [-0.4, -0.2) is 26.3 Å². The van der Waals surface area contributed by atoms with Gasteiger partial charge in [-0.05, 0) is 5.92 Å². The molecule has 0 saturated carbocycles. The number of aromatic amines is 2. The summed E-state index contributed by atoms with van der Waals surface area (Å²) in [6.07, 6.45) is 1.16. The Morgan fingerprint density at radius 2 is 2.19 bits per heavy atom. The summed E-state index contributed by atoms with van der Waals surface area (Å²) in [6.45, 7) is 3.81. The maximum atomic E-state index is 11.9. The van der Waals surface area contributed by atoms with Crippen LogP contribution >= 0.6 is 0 Å². The second-order valence-electron chi connectivity index (χ2n) is 3.85. The summed E-state index contributed by atoms with van der Waals surface area (Å²) in [7, 11) is 0. The predicted octanol–water partition coefficient (Wildman–Crippen LogP) is 1.07. The van der Waals surface area contributed by atoms with Crippen LogP contribution in [0.2, 0.25) is 0 Å². The quantitative estimate of drug-likeness (QED) is 0.706. The number of rotatable bonds is 2. The summed E-state index contributed by atoms with van der Waals surface area (Å²) < 4.78 is 0. The molecule has 0 aromatic carbocycles. The third-order valence-corrected chi connectivity index (χ3v) is 2.43. The Kier molecular flexibility index (Phi) is 2.26. The van der Waals surface area contributed by atoms with Crippen LogP contribution in [-0.2, 0) is 0 Å². The molecule has 2 heterocycles. The first-order valence-electron chi connectivity index (χ1n) is 4.85. The Balaban J connectivity index is 2.86. The standard InChI is InChI=1S/C10H11N3O3/c1-4(2)7-6-8(14)5(10(15)16)3-11-9(6)13-12-7/h3-4H,1-2H3,(H,15,16)(H2,11,12,13,14). The number of carboxylic acids is 1. The average Bonchev–Trinajstić information content (AvgIpc) is 2.61. The first-order chi connectivity index (χ1) is 7.52. The van der Waals surface area contributed by atoms with Crippen LogP contribution in [0.1, 0.15) is 35.8 Å². The van der Waals surface area contributed by atoms with E-state index in [0.29, 0.717) is 16.7 Å². The molecule has 16 heavy (non-hydrogen) atoms. The molecule has 6 nitrogen and oxygen atoms in total. The molecule has 0 bridgehead atoms. The van der Waals surface area contributed by atoms with Crippen molar-refractivity contribution in [1.82, 2.24) is 15.2 Å². The van der Waals surface area contributed by atoms with Crippen LogP contribution in [0.15, 0.2) is 11.0 Å². The van der Waals surface area contributed by atoms with Crippen LogP contribution in [0.25, 0.3) is 11.0 Å². The van der Waals surface area contributed by atoms with Crippen molar-refractivity contribution < 1.29 is 9.90 Å². The number of pyridine rings is 1. The molecule has 84 valence electrons. The fourth-order valence-corrected chi connectivity index (χ4v) is 1.61. The molecule has 6 heteroatoms. The van der Waals surface area contributed by atoms with Crippen molar-refractivity contribution >= 4 is 17.0 Å². The van der Waals surface area contributed by atoms with E-state index in [-0.39, 0.29) is 11.5 Å². The van der Waals surface area contributed by atoms with E-state index in [1.54, 1.807) is 0 Å². The van der Waals surface area contributed by atoms with E-state index in [2.05, 4.69) is 15.2 Å². The van der Waals surface area contributed by atoms with Gasteiger partial charge in [-0.3, -0.25) is 9.89 Å². The van der Waals surface area contributed by atoms with Gasteiger partial charge in [-0.2, -0.15) is 5.10 Å². The van der Waals surface area contributed by atoms with Crippen LogP contribution < -0.4 is 5.43 Å². The van der Waals surface area contributed by atoms with Gasteiger partial charge >= 0.3 is 5.97 Å². The lowest BCUT2D eigenvalue weighted by Gasteiger charge is -2.00. The van der Waals surface area contributed by atoms with Crippen molar-refractivity contribution in [3.05, 3.63) is 27.7 Å². The Bertz CT molecular complexity index is 609. The zero-order valence-electron chi connectivity index (χ0n) is 8.87. The van der Waals surface area contributed by atoms with Crippen LogP contribution in [0, 0.1) is 0 Å². The number of aromatic nitrogens is 3. The maximum absolute atomic E-state index is 11.9. The van der Waals surface area contributed by atoms with E-state index >= 15 is 0 Å². The van der Waals surface area contributed by atoms with Crippen LogP contribution in [0.3, 0.4) is 0 Å². The highest BCUT2D eigenvalue weighted by Gasteiger charge is 2.17. The molecule has 0 saturated heterocycles. The number of carbonyl (C=O) groups is 1. The summed E-state index contributed by atoms with van der Waals surface area (Å²) in [4.78, 5) is 25.4. The van der Waals surface area contributed by atoms with Gasteiger partial charge in [0, 0.05) is 6.20 Å². The molecule has 0 radical (unpaired) electrons. The van der Waals surface area contributed by atoms with E-state index in [1.165, 1.54) is 0 Å². The fourth-order valence-electron chi connectivity index (χ4n) is 1.61. The minimum absolute atomic E-state index is 0.0788. The molecule has 0 atom stereocenters. The summed E-state index contributed by atoms with van der Waals surface area (Å²) in [5.74, 6) is -1.16. The Labute approximate surface area is 90.3 Å². The van der Waals surface area contributed by atoms with E-state index in [4.69, 9.17) is 5.11 Å². The van der Waals surface area contributed by atoms with Gasteiger partial charge < -0.3 is 10.1 Å². The number of nitrogens with zero attached hydrogens (tertiary/aromatic N) is 1. The minimum Gasteiger partial charge on any atom is -0.477 e. The molecule has 0 fully saturated rings. The van der Waals surface area contributed by atoms with E-state index in [0.717, 1.165) is 6.20 Å². The van der Waals surface area contributed by atoms with Crippen molar-refractivity contribution in [3.8, 4) is 0 Å². The molecule has 3 N–H and O–H groups in total. The summed E-state index contributed by atoms with van der Waals surface area (Å²) >= 11 is 0. The first kappa shape index (κ1) is 10.4. The second kappa shape index (κ2) is 3.48. The zero-order chi connectivity index (χ0) is 11.9. The highest BCUT2D eigenvalue weighted by molar-refractivity contribution is 5.92. The molecule has 0 spiro atoms. The zero-order valence-corrected chi connectivity index (χ0v) is 8.87. The molecule has 0 unspecified atom stereocenters. The van der Waals surface area contributed by atoms with Crippen molar-refractivity contribution in [2.45, 2.75) is 19.8 Å². The van der Waals surface area contributed by atoms with Crippen LogP contribution in [0.4, 0.5) is 0 Å². The number of H-pyrrole nitrogens is 2. The van der Waals surface area contributed by atoms with E-state index in [9.17, 15) is 9.59 Å². The van der Waals surface area contributed by atoms with Crippen molar-refractivity contribution in [1.29, 1.82) is 0 Å². The number of carboxylic acid groups (broad SMARTS) is 1. The Morgan fingerprint density at radius 1 is 1.50 bits per heavy atom. The monoisotopic (exact) mass is 221 g/mol. The molecule has 0 aliphatic rings. The topological polar surface area (TPSA) is 98.8 Å². The molecule has 0 amide bonds. The van der Waals surface area contributed by atoms with Gasteiger partial charge in [-0.25, -0.2) is 4.79 Å². The molecule has 2 aromatic heterocycles. The number of nitrogens with one attached hydrogen (secondary N) is 2. The summed E-state index contributed by atoms with van der Waals surface area (Å²) in [5.41, 5.74) is 0.271. The third kappa shape index (κ3) is 1.39. The lowest BCUT2D eigenvalue weighted by atomic mass is 10.1. The number of aromatic carboxylic acids is 1. The van der Waals surface area contributed by atoms with Gasteiger partial charge in [0.1, 0.15) is 5.56 Å². The average molecular weight is 221 g/mol. The van der Waals surface area contributed by atoms with E-state index < -0.39 is 11.4 Å².